The van der Waals surface area contributed by atoms with Gasteiger partial charge in [-0.25, -0.2) is 0 Å². The molecule has 0 unspecified atom stereocenters. The van der Waals surface area contributed by atoms with Gasteiger partial charge < -0.3 is 11.1 Å². The van der Waals surface area contributed by atoms with Crippen LogP contribution in [0.1, 0.15) is 40.4 Å². The molecule has 0 bridgehead atoms. The summed E-state index contributed by atoms with van der Waals surface area (Å²) in [5.74, 6) is -0.397. The van der Waals surface area contributed by atoms with Gasteiger partial charge in [-0.05, 0) is 12.9 Å². The Morgan fingerprint density at radius 1 is 1.42 bits per heavy atom. The van der Waals surface area contributed by atoms with E-state index in [0.29, 0.717) is 0 Å². The van der Waals surface area contributed by atoms with Crippen LogP contribution >= 0.6 is 0 Å². The zero-order valence-electron chi connectivity index (χ0n) is 8.81. The van der Waals surface area contributed by atoms with E-state index in [4.69, 9.17) is 7.10 Å². The summed E-state index contributed by atoms with van der Waals surface area (Å²) in [4.78, 5) is 10.4. The summed E-state index contributed by atoms with van der Waals surface area (Å²) in [5, 5.41) is 2.75. The molecule has 0 aliphatic heterocycles. The molecular weight excluding hydrogens is 152 g/mol. The average Bonchev–Trinajstić information content (AvgIpc) is 2.09. The van der Waals surface area contributed by atoms with E-state index >= 15 is 0 Å². The van der Waals surface area contributed by atoms with Crippen LogP contribution in [0.3, 0.4) is 0 Å². The van der Waals surface area contributed by atoms with Gasteiger partial charge in [0.2, 0.25) is 5.91 Å². The maximum absolute atomic E-state index is 10.4. The highest BCUT2D eigenvalue weighted by molar-refractivity contribution is 5.75. The lowest BCUT2D eigenvalue weighted by atomic mass is 10.1. The van der Waals surface area contributed by atoms with Crippen LogP contribution in [-0.4, -0.2) is 19.0 Å². The molecular formula is C9H20N2O. The van der Waals surface area contributed by atoms with Crippen molar-refractivity contribution >= 4 is 5.91 Å². The van der Waals surface area contributed by atoms with Gasteiger partial charge in [0.15, 0.2) is 0 Å². The topological polar surface area (TPSA) is 55.1 Å². The Balaban J connectivity index is 3.19. The fraction of sp³-hybridized carbons (Fsp3) is 0.889. The van der Waals surface area contributed by atoms with Crippen LogP contribution in [0, 0.1) is 0 Å². The first kappa shape index (κ1) is 9.52. The fourth-order valence-electron chi connectivity index (χ4n) is 0.948. The first-order valence-electron chi connectivity index (χ1n) is 5.18. The van der Waals surface area contributed by atoms with Crippen LogP contribution < -0.4 is 11.1 Å². The van der Waals surface area contributed by atoms with Crippen molar-refractivity contribution < 1.29 is 6.17 Å². The summed E-state index contributed by atoms with van der Waals surface area (Å²) in [5.41, 5.74) is 4.93. The van der Waals surface area contributed by atoms with Crippen LogP contribution in [0.25, 0.3) is 0 Å². The summed E-state index contributed by atoms with van der Waals surface area (Å²) in [6.07, 6.45) is 5.45. The lowest BCUT2D eigenvalue weighted by Crippen LogP contribution is -2.29. The number of carbonyl (C=O) groups is 1. The number of primary amides is 1. The third-order valence-corrected chi connectivity index (χ3v) is 1.62. The molecule has 3 nitrogen and oxygen atoms in total. The Bertz CT molecular complexity index is 142. The highest BCUT2D eigenvalue weighted by Gasteiger charge is 1.92. The summed E-state index contributed by atoms with van der Waals surface area (Å²) < 4.78 is 7.48. The van der Waals surface area contributed by atoms with Crippen molar-refractivity contribution in [2.45, 2.75) is 39.0 Å². The van der Waals surface area contributed by atoms with Crippen LogP contribution in [0.15, 0.2) is 0 Å². The standard InChI is InChI=1S/C9H20N2O/c1-2-3-4-5-6-7-11-8-9(10)12/h11H,2-8H2,1H3,(H2,10,12)/i7D/t7-/m1/s1. The van der Waals surface area contributed by atoms with Gasteiger partial charge in [0.1, 0.15) is 0 Å². The minimum atomic E-state index is -0.397. The van der Waals surface area contributed by atoms with Crippen LogP contribution in [-0.2, 0) is 4.79 Å². The van der Waals surface area contributed by atoms with Gasteiger partial charge in [-0.3, -0.25) is 4.79 Å². The molecule has 1 atom stereocenters. The molecule has 0 rings (SSSR count). The van der Waals surface area contributed by atoms with E-state index in [9.17, 15) is 4.79 Å². The number of nitrogens with one attached hydrogen (secondary N) is 1. The van der Waals surface area contributed by atoms with Gasteiger partial charge in [0.05, 0.1) is 6.54 Å². The summed E-state index contributed by atoms with van der Waals surface area (Å²) in [7, 11) is 0. The lowest BCUT2D eigenvalue weighted by Gasteiger charge is -2.01. The van der Waals surface area contributed by atoms with Crippen molar-refractivity contribution in [1.82, 2.24) is 5.32 Å². The van der Waals surface area contributed by atoms with Crippen molar-refractivity contribution in [3.63, 3.8) is 0 Å². The molecule has 0 aliphatic carbocycles. The second kappa shape index (κ2) is 8.53. The van der Waals surface area contributed by atoms with Crippen LogP contribution in [0.5, 0.6) is 0 Å². The molecule has 0 heterocycles. The Kier molecular flexibility index (Phi) is 6.76. The van der Waals surface area contributed by atoms with Crippen LogP contribution in [0.2, 0.25) is 0 Å². The van der Waals surface area contributed by atoms with E-state index in [1.807, 2.05) is 0 Å². The van der Waals surface area contributed by atoms with Gasteiger partial charge in [0, 0.05) is 1.37 Å². The fourth-order valence-corrected chi connectivity index (χ4v) is 0.948. The largest absolute Gasteiger partial charge is 0.369 e. The molecule has 0 aromatic carbocycles. The lowest BCUT2D eigenvalue weighted by molar-refractivity contribution is -0.117. The SMILES string of the molecule is [2H][C@H](CCCCCC)NCC(N)=O. The Labute approximate surface area is 76.1 Å². The molecule has 0 aromatic heterocycles. The number of rotatable bonds is 8. The number of amides is 1. The van der Waals surface area contributed by atoms with Gasteiger partial charge >= 0.3 is 0 Å². The van der Waals surface area contributed by atoms with Crippen molar-refractivity contribution in [2.24, 2.45) is 5.73 Å². The predicted molar refractivity (Wildman–Crippen MR) is 50.8 cm³/mol. The zero-order chi connectivity index (χ0) is 10.1. The monoisotopic (exact) mass is 173 g/mol. The summed E-state index contributed by atoms with van der Waals surface area (Å²) in [6.45, 7) is 1.93. The molecule has 0 saturated carbocycles. The number of carbonyl (C=O) groups excluding carboxylic acids is 1. The second-order valence-electron chi connectivity index (χ2n) is 2.90. The quantitative estimate of drug-likeness (QED) is 0.539. The molecule has 3 heteroatoms. The van der Waals surface area contributed by atoms with Crippen molar-refractivity contribution in [2.75, 3.05) is 13.1 Å². The minimum absolute atomic E-state index is 0.113. The first-order valence-corrected chi connectivity index (χ1v) is 4.60. The maximum atomic E-state index is 10.4. The van der Waals surface area contributed by atoms with Gasteiger partial charge in [-0.2, -0.15) is 0 Å². The highest BCUT2D eigenvalue weighted by Crippen LogP contribution is 2.00. The number of hydrogen-bond donors (Lipinski definition) is 2. The van der Waals surface area contributed by atoms with Crippen LogP contribution in [0.4, 0.5) is 0 Å². The molecule has 0 spiro atoms. The number of nitrogens with two attached hydrogens (primary N) is 1. The minimum Gasteiger partial charge on any atom is -0.369 e. The highest BCUT2D eigenvalue weighted by atomic mass is 16.1. The van der Waals surface area contributed by atoms with E-state index < -0.39 is 5.91 Å². The molecule has 1 amide bonds. The van der Waals surface area contributed by atoms with Crippen molar-refractivity contribution in [3.05, 3.63) is 0 Å². The Morgan fingerprint density at radius 2 is 2.08 bits per heavy atom. The second-order valence-corrected chi connectivity index (χ2v) is 2.90. The predicted octanol–water partition coefficient (Wildman–Crippen LogP) is 1.03. The van der Waals surface area contributed by atoms with E-state index in [0.717, 1.165) is 12.8 Å². The normalized spacial score (nSPS) is 13.9. The van der Waals surface area contributed by atoms with E-state index in [-0.39, 0.29) is 13.1 Å². The van der Waals surface area contributed by atoms with E-state index in [1.54, 1.807) is 0 Å². The maximum Gasteiger partial charge on any atom is 0.231 e. The van der Waals surface area contributed by atoms with Gasteiger partial charge in [-0.15, -0.1) is 0 Å². The molecule has 0 radical (unpaired) electrons. The number of unbranched alkanes of at least 4 members (excludes halogenated alkanes) is 3. The average molecular weight is 173 g/mol. The summed E-state index contributed by atoms with van der Waals surface area (Å²) >= 11 is 0. The van der Waals surface area contributed by atoms with Gasteiger partial charge in [0.25, 0.3) is 0 Å². The third-order valence-electron chi connectivity index (χ3n) is 1.62. The summed E-state index contributed by atoms with van der Waals surface area (Å²) in [6, 6.07) is 0. The molecule has 0 fully saturated rings. The third kappa shape index (κ3) is 9.43. The smallest absolute Gasteiger partial charge is 0.231 e. The Hall–Kier alpha value is -0.570. The van der Waals surface area contributed by atoms with E-state index in [1.165, 1.54) is 19.3 Å². The molecule has 0 aliphatic rings. The molecule has 12 heavy (non-hydrogen) atoms. The van der Waals surface area contributed by atoms with Gasteiger partial charge in [-0.1, -0.05) is 32.6 Å². The number of hydrogen-bond acceptors (Lipinski definition) is 2. The Morgan fingerprint density at radius 3 is 2.67 bits per heavy atom. The first-order chi connectivity index (χ1) is 6.16. The zero-order valence-corrected chi connectivity index (χ0v) is 7.81. The molecule has 0 aromatic rings. The van der Waals surface area contributed by atoms with E-state index in [2.05, 4.69) is 12.2 Å². The van der Waals surface area contributed by atoms with Crippen molar-refractivity contribution in [3.8, 4) is 0 Å². The van der Waals surface area contributed by atoms with Crippen molar-refractivity contribution in [1.29, 1.82) is 0 Å². The molecule has 0 saturated heterocycles. The molecule has 72 valence electrons. The molecule has 3 N–H and O–H groups in total.